The molecule has 0 amide bonds. The van der Waals surface area contributed by atoms with Gasteiger partial charge in [-0.15, -0.1) is 5.10 Å². The number of nitrogens with two attached hydrogens (primary N) is 2. The Morgan fingerprint density at radius 1 is 0.895 bits per heavy atom. The van der Waals surface area contributed by atoms with Gasteiger partial charge in [0.1, 0.15) is 11.5 Å². The maximum atomic E-state index is 5.66. The van der Waals surface area contributed by atoms with Crippen LogP contribution in [0.5, 0.6) is 11.5 Å². The highest BCUT2D eigenvalue weighted by atomic mass is 16.5. The first-order chi connectivity index (χ1) is 9.24. The van der Waals surface area contributed by atoms with Gasteiger partial charge in [0.05, 0.1) is 6.21 Å². The molecular weight excluding hydrogens is 240 g/mol. The van der Waals surface area contributed by atoms with E-state index in [4.69, 9.17) is 16.2 Å². The summed E-state index contributed by atoms with van der Waals surface area (Å²) in [6.07, 6.45) is 1.56. The Bertz CT molecular complexity index is 572. The highest BCUT2D eigenvalue weighted by Crippen LogP contribution is 2.20. The zero-order valence-electron chi connectivity index (χ0n) is 10.2. The van der Waals surface area contributed by atoms with Crippen LogP contribution >= 0.6 is 0 Å². The molecule has 0 heterocycles. The van der Waals surface area contributed by atoms with Crippen molar-refractivity contribution in [3.05, 3.63) is 60.2 Å². The minimum atomic E-state index is -0.0692. The van der Waals surface area contributed by atoms with Crippen molar-refractivity contribution in [1.82, 2.24) is 0 Å². The monoisotopic (exact) mass is 254 g/mol. The van der Waals surface area contributed by atoms with Crippen LogP contribution in [-0.4, -0.2) is 12.2 Å². The Morgan fingerprint density at radius 3 is 2.16 bits per heavy atom. The van der Waals surface area contributed by atoms with Crippen molar-refractivity contribution in [2.75, 3.05) is 0 Å². The molecule has 5 nitrogen and oxygen atoms in total. The van der Waals surface area contributed by atoms with Crippen LogP contribution in [0.25, 0.3) is 0 Å². The lowest BCUT2D eigenvalue weighted by Crippen LogP contribution is -2.21. The Balaban J connectivity index is 2.03. The number of rotatable bonds is 4. The lowest BCUT2D eigenvalue weighted by molar-refractivity contribution is 0.482. The molecule has 19 heavy (non-hydrogen) atoms. The van der Waals surface area contributed by atoms with E-state index in [1.165, 1.54) is 0 Å². The largest absolute Gasteiger partial charge is 0.457 e. The van der Waals surface area contributed by atoms with Crippen LogP contribution in [0.4, 0.5) is 0 Å². The summed E-state index contributed by atoms with van der Waals surface area (Å²) in [5, 5.41) is 7.25. The predicted octanol–water partition coefficient (Wildman–Crippen LogP) is 2.09. The van der Waals surface area contributed by atoms with E-state index in [0.29, 0.717) is 0 Å². The number of guanidine groups is 1. The van der Waals surface area contributed by atoms with E-state index in [9.17, 15) is 0 Å². The Kier molecular flexibility index (Phi) is 4.12. The molecule has 5 heteroatoms. The number of hydrogen-bond donors (Lipinski definition) is 2. The topological polar surface area (TPSA) is 86.0 Å². The maximum Gasteiger partial charge on any atom is 0.211 e. The van der Waals surface area contributed by atoms with E-state index in [2.05, 4.69) is 10.2 Å². The summed E-state index contributed by atoms with van der Waals surface area (Å²) in [6, 6.07) is 17.0. The summed E-state index contributed by atoms with van der Waals surface area (Å²) >= 11 is 0. The molecule has 4 N–H and O–H groups in total. The van der Waals surface area contributed by atoms with Gasteiger partial charge in [-0.1, -0.05) is 18.2 Å². The fourth-order valence-corrected chi connectivity index (χ4v) is 1.41. The highest BCUT2D eigenvalue weighted by Gasteiger charge is 1.95. The van der Waals surface area contributed by atoms with Crippen molar-refractivity contribution in [3.8, 4) is 11.5 Å². The fourth-order valence-electron chi connectivity index (χ4n) is 1.41. The van der Waals surface area contributed by atoms with Crippen molar-refractivity contribution < 1.29 is 4.74 Å². The standard InChI is InChI=1S/C14H14N4O/c15-14(16)18-17-10-11-6-8-13(9-7-11)19-12-4-2-1-3-5-12/h1-10H,(H4,15,16,18)/b17-10+. The van der Waals surface area contributed by atoms with E-state index >= 15 is 0 Å². The average molecular weight is 254 g/mol. The van der Waals surface area contributed by atoms with E-state index in [-0.39, 0.29) is 5.96 Å². The van der Waals surface area contributed by atoms with Gasteiger partial charge in [-0.3, -0.25) is 0 Å². The molecule has 2 aromatic carbocycles. The number of benzene rings is 2. The summed E-state index contributed by atoms with van der Waals surface area (Å²) < 4.78 is 5.66. The van der Waals surface area contributed by atoms with Crippen LogP contribution in [0, 0.1) is 0 Å². The van der Waals surface area contributed by atoms with Crippen molar-refractivity contribution >= 4 is 12.2 Å². The first-order valence-electron chi connectivity index (χ1n) is 5.69. The summed E-state index contributed by atoms with van der Waals surface area (Å²) in [4.78, 5) is 0. The lowest BCUT2D eigenvalue weighted by Gasteiger charge is -2.04. The molecule has 0 saturated carbocycles. The van der Waals surface area contributed by atoms with Crippen molar-refractivity contribution in [1.29, 1.82) is 0 Å². The first kappa shape index (κ1) is 12.6. The van der Waals surface area contributed by atoms with Gasteiger partial charge >= 0.3 is 0 Å². The van der Waals surface area contributed by atoms with Crippen molar-refractivity contribution in [2.24, 2.45) is 21.7 Å². The second kappa shape index (κ2) is 6.20. The fraction of sp³-hybridized carbons (Fsp3) is 0. The molecule has 2 aromatic rings. The van der Waals surface area contributed by atoms with Crippen LogP contribution in [0.3, 0.4) is 0 Å². The third-order valence-corrected chi connectivity index (χ3v) is 2.24. The van der Waals surface area contributed by atoms with Crippen LogP contribution < -0.4 is 16.2 Å². The van der Waals surface area contributed by atoms with E-state index in [1.807, 2.05) is 54.6 Å². The lowest BCUT2D eigenvalue weighted by atomic mass is 10.2. The minimum absolute atomic E-state index is 0.0692. The summed E-state index contributed by atoms with van der Waals surface area (Å²) in [7, 11) is 0. The van der Waals surface area contributed by atoms with Crippen LogP contribution in [-0.2, 0) is 0 Å². The molecule has 0 radical (unpaired) electrons. The summed E-state index contributed by atoms with van der Waals surface area (Å²) in [5.74, 6) is 1.48. The SMILES string of the molecule is NC(N)=N/N=C/c1ccc(Oc2ccccc2)cc1. The Hall–Kier alpha value is -2.82. The number of hydrogen-bond acceptors (Lipinski definition) is 3. The molecule has 0 unspecified atom stereocenters. The van der Waals surface area contributed by atoms with Gasteiger partial charge in [0.2, 0.25) is 5.96 Å². The maximum absolute atomic E-state index is 5.66. The molecule has 96 valence electrons. The van der Waals surface area contributed by atoms with E-state index in [0.717, 1.165) is 17.1 Å². The third kappa shape index (κ3) is 4.16. The predicted molar refractivity (Wildman–Crippen MR) is 76.4 cm³/mol. The van der Waals surface area contributed by atoms with Gasteiger partial charge in [0.25, 0.3) is 0 Å². The molecule has 0 spiro atoms. The molecule has 0 saturated heterocycles. The van der Waals surface area contributed by atoms with Gasteiger partial charge in [-0.05, 0) is 42.0 Å². The normalized spacial score (nSPS) is 10.3. The second-order valence-corrected chi connectivity index (χ2v) is 3.75. The van der Waals surface area contributed by atoms with Gasteiger partial charge < -0.3 is 16.2 Å². The van der Waals surface area contributed by atoms with Crippen molar-refractivity contribution in [2.45, 2.75) is 0 Å². The zero-order chi connectivity index (χ0) is 13.5. The van der Waals surface area contributed by atoms with Crippen LogP contribution in [0.1, 0.15) is 5.56 Å². The molecular formula is C14H14N4O. The molecule has 2 rings (SSSR count). The van der Waals surface area contributed by atoms with Gasteiger partial charge in [-0.25, -0.2) is 0 Å². The molecule has 0 aliphatic carbocycles. The molecule has 0 aliphatic heterocycles. The quantitative estimate of drug-likeness (QED) is 0.497. The third-order valence-electron chi connectivity index (χ3n) is 2.24. The number of nitrogens with zero attached hydrogens (tertiary/aromatic N) is 2. The summed E-state index contributed by atoms with van der Waals surface area (Å²) in [6.45, 7) is 0. The smallest absolute Gasteiger partial charge is 0.211 e. The average Bonchev–Trinajstić information content (AvgIpc) is 2.42. The number of ether oxygens (including phenoxy) is 1. The van der Waals surface area contributed by atoms with Gasteiger partial charge in [0.15, 0.2) is 0 Å². The Labute approximate surface area is 111 Å². The summed E-state index contributed by atoms with van der Waals surface area (Å²) in [5.41, 5.74) is 11.2. The van der Waals surface area contributed by atoms with Crippen LogP contribution in [0.2, 0.25) is 0 Å². The van der Waals surface area contributed by atoms with E-state index in [1.54, 1.807) is 6.21 Å². The number of para-hydroxylation sites is 1. The molecule has 0 atom stereocenters. The Morgan fingerprint density at radius 2 is 1.53 bits per heavy atom. The molecule has 0 aromatic heterocycles. The van der Waals surface area contributed by atoms with Gasteiger partial charge in [0, 0.05) is 0 Å². The minimum Gasteiger partial charge on any atom is -0.457 e. The van der Waals surface area contributed by atoms with Gasteiger partial charge in [-0.2, -0.15) is 5.10 Å². The second-order valence-electron chi connectivity index (χ2n) is 3.75. The first-order valence-corrected chi connectivity index (χ1v) is 5.69. The molecule has 0 fully saturated rings. The zero-order valence-corrected chi connectivity index (χ0v) is 10.2. The molecule has 0 aliphatic rings. The van der Waals surface area contributed by atoms with Crippen molar-refractivity contribution in [3.63, 3.8) is 0 Å². The van der Waals surface area contributed by atoms with E-state index < -0.39 is 0 Å². The van der Waals surface area contributed by atoms with Crippen LogP contribution in [0.15, 0.2) is 64.8 Å². The molecule has 0 bridgehead atoms. The highest BCUT2D eigenvalue weighted by molar-refractivity contribution is 5.81.